The molecule has 22 heavy (non-hydrogen) atoms. The fourth-order valence-corrected chi connectivity index (χ4v) is 2.05. The zero-order valence-corrected chi connectivity index (χ0v) is 12.2. The van der Waals surface area contributed by atoms with E-state index in [1.807, 2.05) is 0 Å². The van der Waals surface area contributed by atoms with Crippen molar-refractivity contribution in [1.82, 2.24) is 15.5 Å². The molecular formula is C15H18FN3O3. The highest BCUT2D eigenvalue weighted by Gasteiger charge is 2.17. The van der Waals surface area contributed by atoms with E-state index in [0.717, 1.165) is 0 Å². The molecule has 0 fully saturated rings. The van der Waals surface area contributed by atoms with E-state index < -0.39 is 11.9 Å². The van der Waals surface area contributed by atoms with Crippen molar-refractivity contribution in [2.45, 2.75) is 12.5 Å². The third-order valence-corrected chi connectivity index (χ3v) is 3.15. The molecule has 1 heterocycles. The van der Waals surface area contributed by atoms with Crippen LogP contribution in [0.4, 0.5) is 4.39 Å². The van der Waals surface area contributed by atoms with Crippen LogP contribution in [0.25, 0.3) is 11.3 Å². The van der Waals surface area contributed by atoms with Gasteiger partial charge in [-0.05, 0) is 18.6 Å². The molecule has 0 aliphatic heterocycles. The Morgan fingerprint density at radius 1 is 1.50 bits per heavy atom. The number of carbonyl (C=O) groups excluding carboxylic acids is 1. The molecule has 1 atom stereocenters. The molecule has 0 bridgehead atoms. The number of rotatable bonds is 7. The zero-order chi connectivity index (χ0) is 15.9. The molecule has 0 saturated heterocycles. The molecule has 118 valence electrons. The predicted octanol–water partition coefficient (Wildman–Crippen LogP) is 1.34. The first kappa shape index (κ1) is 16.1. The van der Waals surface area contributed by atoms with Gasteiger partial charge >= 0.3 is 0 Å². The third kappa shape index (κ3) is 3.90. The fourth-order valence-electron chi connectivity index (χ4n) is 2.05. The average molecular weight is 307 g/mol. The van der Waals surface area contributed by atoms with Crippen LogP contribution in [0.15, 0.2) is 30.5 Å². The molecule has 1 unspecified atom stereocenters. The van der Waals surface area contributed by atoms with Crippen LogP contribution in [-0.2, 0) is 4.74 Å². The standard InChI is InChI=1S/C15H18FN3O3/c1-22-9-10(20)6-7-17-15(21)12-8-18-19-14(12)11-4-2-3-5-13(11)16/h2-5,8,10,20H,6-7,9H2,1H3,(H,17,21)(H,18,19). The summed E-state index contributed by atoms with van der Waals surface area (Å²) in [4.78, 5) is 12.1. The Morgan fingerprint density at radius 3 is 3.00 bits per heavy atom. The zero-order valence-electron chi connectivity index (χ0n) is 12.2. The van der Waals surface area contributed by atoms with Gasteiger partial charge in [-0.15, -0.1) is 0 Å². The highest BCUT2D eigenvalue weighted by Crippen LogP contribution is 2.23. The van der Waals surface area contributed by atoms with E-state index in [2.05, 4.69) is 15.5 Å². The van der Waals surface area contributed by atoms with Crippen molar-refractivity contribution in [3.05, 3.63) is 41.8 Å². The first-order valence-corrected chi connectivity index (χ1v) is 6.87. The highest BCUT2D eigenvalue weighted by atomic mass is 19.1. The fraction of sp³-hybridized carbons (Fsp3) is 0.333. The van der Waals surface area contributed by atoms with Gasteiger partial charge in [0, 0.05) is 19.2 Å². The summed E-state index contributed by atoms with van der Waals surface area (Å²) in [6.45, 7) is 0.493. The van der Waals surface area contributed by atoms with E-state index in [1.54, 1.807) is 18.2 Å². The van der Waals surface area contributed by atoms with E-state index in [0.29, 0.717) is 12.1 Å². The number of aliphatic hydroxyl groups excluding tert-OH is 1. The maximum atomic E-state index is 13.8. The molecule has 1 amide bonds. The summed E-state index contributed by atoms with van der Waals surface area (Å²) in [5.41, 5.74) is 0.865. The second-order valence-electron chi connectivity index (χ2n) is 4.79. The van der Waals surface area contributed by atoms with Gasteiger partial charge in [0.15, 0.2) is 0 Å². The number of benzene rings is 1. The predicted molar refractivity (Wildman–Crippen MR) is 78.8 cm³/mol. The molecular weight excluding hydrogens is 289 g/mol. The minimum Gasteiger partial charge on any atom is -0.391 e. The topological polar surface area (TPSA) is 87.2 Å². The Hall–Kier alpha value is -2.25. The lowest BCUT2D eigenvalue weighted by molar-refractivity contribution is 0.0588. The van der Waals surface area contributed by atoms with Crippen molar-refractivity contribution < 1.29 is 19.0 Å². The average Bonchev–Trinajstić information content (AvgIpc) is 2.97. The van der Waals surface area contributed by atoms with Crippen molar-refractivity contribution in [3.8, 4) is 11.3 Å². The molecule has 0 radical (unpaired) electrons. The number of aromatic nitrogens is 2. The number of H-pyrrole nitrogens is 1. The smallest absolute Gasteiger partial charge is 0.255 e. The van der Waals surface area contributed by atoms with Crippen LogP contribution in [0.3, 0.4) is 0 Å². The molecule has 7 heteroatoms. The largest absolute Gasteiger partial charge is 0.391 e. The monoisotopic (exact) mass is 307 g/mol. The van der Waals surface area contributed by atoms with Gasteiger partial charge in [-0.2, -0.15) is 5.10 Å². The van der Waals surface area contributed by atoms with E-state index in [1.165, 1.54) is 19.4 Å². The van der Waals surface area contributed by atoms with Gasteiger partial charge in [0.1, 0.15) is 5.82 Å². The van der Waals surface area contributed by atoms with Crippen LogP contribution in [0.2, 0.25) is 0 Å². The van der Waals surface area contributed by atoms with Crippen molar-refractivity contribution in [2.75, 3.05) is 20.3 Å². The molecule has 0 aliphatic rings. The highest BCUT2D eigenvalue weighted by molar-refractivity contribution is 5.99. The first-order valence-electron chi connectivity index (χ1n) is 6.87. The van der Waals surface area contributed by atoms with Gasteiger partial charge in [0.25, 0.3) is 5.91 Å². The first-order chi connectivity index (χ1) is 10.6. The Balaban J connectivity index is 2.03. The lowest BCUT2D eigenvalue weighted by atomic mass is 10.1. The summed E-state index contributed by atoms with van der Waals surface area (Å²) < 4.78 is 18.6. The van der Waals surface area contributed by atoms with Crippen LogP contribution < -0.4 is 5.32 Å². The Kier molecular flexibility index (Phi) is 5.62. The summed E-state index contributed by atoms with van der Waals surface area (Å²) in [5.74, 6) is -0.812. The van der Waals surface area contributed by atoms with Crippen molar-refractivity contribution in [3.63, 3.8) is 0 Å². The summed E-state index contributed by atoms with van der Waals surface area (Å²) in [7, 11) is 1.49. The maximum absolute atomic E-state index is 13.8. The Bertz CT molecular complexity index is 630. The van der Waals surface area contributed by atoms with E-state index in [-0.39, 0.29) is 30.2 Å². The number of amides is 1. The summed E-state index contributed by atoms with van der Waals surface area (Å²) >= 11 is 0. The molecule has 1 aromatic carbocycles. The van der Waals surface area contributed by atoms with Crippen LogP contribution >= 0.6 is 0 Å². The Labute approximate surface area is 127 Å². The van der Waals surface area contributed by atoms with Crippen molar-refractivity contribution >= 4 is 5.91 Å². The molecule has 0 saturated carbocycles. The van der Waals surface area contributed by atoms with Gasteiger partial charge in [-0.1, -0.05) is 12.1 Å². The second-order valence-corrected chi connectivity index (χ2v) is 4.79. The number of methoxy groups -OCH3 is 1. The molecule has 2 rings (SSSR count). The summed E-state index contributed by atoms with van der Waals surface area (Å²) in [6, 6.07) is 6.15. The van der Waals surface area contributed by atoms with E-state index in [4.69, 9.17) is 4.74 Å². The van der Waals surface area contributed by atoms with Crippen LogP contribution in [-0.4, -0.2) is 47.6 Å². The Morgan fingerprint density at radius 2 is 2.27 bits per heavy atom. The van der Waals surface area contributed by atoms with Gasteiger partial charge in [0.2, 0.25) is 0 Å². The van der Waals surface area contributed by atoms with Crippen LogP contribution in [0, 0.1) is 5.82 Å². The minimum atomic E-state index is -0.638. The lowest BCUT2D eigenvalue weighted by Crippen LogP contribution is -2.28. The van der Waals surface area contributed by atoms with Crippen molar-refractivity contribution in [1.29, 1.82) is 0 Å². The number of nitrogens with zero attached hydrogens (tertiary/aromatic N) is 1. The number of carbonyl (C=O) groups is 1. The van der Waals surface area contributed by atoms with Gasteiger partial charge in [-0.25, -0.2) is 4.39 Å². The normalized spacial score (nSPS) is 12.1. The molecule has 6 nitrogen and oxygen atoms in total. The third-order valence-electron chi connectivity index (χ3n) is 3.15. The molecule has 3 N–H and O–H groups in total. The van der Waals surface area contributed by atoms with E-state index >= 15 is 0 Å². The number of aliphatic hydroxyl groups is 1. The molecule has 0 spiro atoms. The number of nitrogens with one attached hydrogen (secondary N) is 2. The quantitative estimate of drug-likeness (QED) is 0.720. The SMILES string of the molecule is COCC(O)CCNC(=O)c1cn[nH]c1-c1ccccc1F. The summed E-state index contributed by atoms with van der Waals surface area (Å²) in [6.07, 6.45) is 1.08. The number of halogens is 1. The van der Waals surface area contributed by atoms with E-state index in [9.17, 15) is 14.3 Å². The summed E-state index contributed by atoms with van der Waals surface area (Å²) in [5, 5.41) is 18.6. The molecule has 0 aliphatic carbocycles. The number of hydrogen-bond donors (Lipinski definition) is 3. The van der Waals surface area contributed by atoms with Gasteiger partial charge in [0.05, 0.1) is 30.2 Å². The van der Waals surface area contributed by atoms with Gasteiger partial charge in [-0.3, -0.25) is 9.89 Å². The van der Waals surface area contributed by atoms with Crippen LogP contribution in [0.1, 0.15) is 16.8 Å². The maximum Gasteiger partial charge on any atom is 0.255 e. The number of ether oxygens (including phenoxy) is 1. The lowest BCUT2D eigenvalue weighted by Gasteiger charge is -2.10. The number of aromatic amines is 1. The second kappa shape index (κ2) is 7.67. The molecule has 2 aromatic rings. The van der Waals surface area contributed by atoms with Gasteiger partial charge < -0.3 is 15.2 Å². The van der Waals surface area contributed by atoms with Crippen LogP contribution in [0.5, 0.6) is 0 Å². The number of hydrogen-bond acceptors (Lipinski definition) is 4. The van der Waals surface area contributed by atoms with Crippen molar-refractivity contribution in [2.24, 2.45) is 0 Å². The molecule has 1 aromatic heterocycles. The minimum absolute atomic E-state index is 0.210.